The zero-order valence-corrected chi connectivity index (χ0v) is 24.1. The van der Waals surface area contributed by atoms with Crippen LogP contribution in [0.3, 0.4) is 0 Å². The van der Waals surface area contributed by atoms with Gasteiger partial charge in [-0.2, -0.15) is 0 Å². The summed E-state index contributed by atoms with van der Waals surface area (Å²) in [6, 6.07) is 7.07. The van der Waals surface area contributed by atoms with Crippen LogP contribution in [0.25, 0.3) is 10.8 Å². The molecule has 0 aliphatic carbocycles. The number of aliphatic carboxylic acids is 1. The van der Waals surface area contributed by atoms with Crippen molar-refractivity contribution in [2.45, 2.75) is 44.0 Å². The van der Waals surface area contributed by atoms with E-state index in [0.717, 1.165) is 59.2 Å². The van der Waals surface area contributed by atoms with Crippen molar-refractivity contribution in [1.29, 1.82) is 0 Å². The summed E-state index contributed by atoms with van der Waals surface area (Å²) in [7, 11) is 0.567. The number of nitrogens with zero attached hydrogens (tertiary/aromatic N) is 4. The predicted molar refractivity (Wildman–Crippen MR) is 147 cm³/mol. The summed E-state index contributed by atoms with van der Waals surface area (Å²) in [5.74, 6) is -2.79. The molecule has 2 aromatic rings. The van der Waals surface area contributed by atoms with Crippen LogP contribution in [0.2, 0.25) is 0 Å². The monoisotopic (exact) mass is 568 g/mol. The Hall–Kier alpha value is -2.99. The van der Waals surface area contributed by atoms with E-state index in [9.17, 15) is 28.2 Å². The maximum Gasteiger partial charge on any atom is 0.352 e. The van der Waals surface area contributed by atoms with E-state index in [1.807, 2.05) is 25.1 Å². The smallest absolute Gasteiger partial charge is 0.352 e. The average molecular weight is 569 g/mol. The van der Waals surface area contributed by atoms with Gasteiger partial charge in [0.05, 0.1) is 49.3 Å². The lowest BCUT2D eigenvalue weighted by atomic mass is 9.78. The second-order valence-electron chi connectivity index (χ2n) is 13.1. The van der Waals surface area contributed by atoms with Crippen molar-refractivity contribution in [2.24, 2.45) is 11.8 Å². The molecule has 5 heterocycles. The molecular formula is C29H36N4O6S+2. The molecule has 5 aliphatic rings. The van der Waals surface area contributed by atoms with E-state index >= 15 is 0 Å². The Morgan fingerprint density at radius 1 is 1.15 bits per heavy atom. The van der Waals surface area contributed by atoms with Crippen molar-refractivity contribution in [1.82, 2.24) is 4.90 Å². The molecule has 2 aromatic carbocycles. The standard InChI is InChI=1S/C29H35N4O6S/c1-16-20(27(29(36)37)31-26(16)24(17(2)34)28(31)35)13-30-22-7-5-6-19-21-15-33(10-8-32(3,4)9-11-33)14-18(21)12-23(25(19)22)40(30,38)39/h5-7,12,16-17,24,26,34H,8-11,13-15H2,1-4H3/q+1/p+1/t16-,17+,24+,26+/m0/s1. The summed E-state index contributed by atoms with van der Waals surface area (Å²) in [4.78, 5) is 26.7. The zero-order chi connectivity index (χ0) is 28.5. The third kappa shape index (κ3) is 3.29. The topological polar surface area (TPSA) is 115 Å². The lowest BCUT2D eigenvalue weighted by Crippen LogP contribution is -2.63. The van der Waals surface area contributed by atoms with E-state index < -0.39 is 45.9 Å². The number of piperazine rings is 1. The molecule has 11 heteroatoms. The van der Waals surface area contributed by atoms with E-state index in [1.54, 1.807) is 6.07 Å². The summed E-state index contributed by atoms with van der Waals surface area (Å²) in [5.41, 5.74) is 3.11. The van der Waals surface area contributed by atoms with Crippen LogP contribution in [0.4, 0.5) is 5.69 Å². The van der Waals surface area contributed by atoms with Crippen LogP contribution >= 0.6 is 0 Å². The maximum atomic E-state index is 14.1. The third-order valence-electron chi connectivity index (χ3n) is 10.3. The number of fused-ring (bicyclic) bond motifs is 3. The number of hydrogen-bond donors (Lipinski definition) is 2. The van der Waals surface area contributed by atoms with Gasteiger partial charge >= 0.3 is 5.97 Å². The molecule has 212 valence electrons. The molecular weight excluding hydrogens is 532 g/mol. The number of carboxylic acids is 1. The first-order valence-electron chi connectivity index (χ1n) is 14.0. The van der Waals surface area contributed by atoms with E-state index in [-0.39, 0.29) is 17.1 Å². The van der Waals surface area contributed by atoms with Crippen LogP contribution in [0.5, 0.6) is 0 Å². The minimum atomic E-state index is -3.96. The van der Waals surface area contributed by atoms with E-state index in [1.165, 1.54) is 21.7 Å². The van der Waals surface area contributed by atoms with Gasteiger partial charge < -0.3 is 24.1 Å². The highest BCUT2D eigenvalue weighted by molar-refractivity contribution is 7.93. The molecule has 7 rings (SSSR count). The number of anilines is 1. The normalized spacial score (nSPS) is 29.6. The summed E-state index contributed by atoms with van der Waals surface area (Å²) in [6.45, 7) is 9.21. The molecule has 0 aromatic heterocycles. The second kappa shape index (κ2) is 8.06. The number of carbonyl (C=O) groups is 2. The van der Waals surface area contributed by atoms with Crippen molar-refractivity contribution < 1.29 is 37.2 Å². The first kappa shape index (κ1) is 25.9. The van der Waals surface area contributed by atoms with Gasteiger partial charge in [-0.05, 0) is 30.0 Å². The molecule has 2 saturated heterocycles. The minimum Gasteiger partial charge on any atom is -0.477 e. The molecule has 40 heavy (non-hydrogen) atoms. The highest BCUT2D eigenvalue weighted by Crippen LogP contribution is 2.51. The predicted octanol–water partition coefficient (Wildman–Crippen LogP) is 1.47. The summed E-state index contributed by atoms with van der Waals surface area (Å²) in [6.07, 6.45) is -0.919. The van der Waals surface area contributed by atoms with Gasteiger partial charge in [0.15, 0.2) is 0 Å². The molecule has 2 fully saturated rings. The van der Waals surface area contributed by atoms with Gasteiger partial charge in [-0.25, -0.2) is 13.2 Å². The van der Waals surface area contributed by atoms with Gasteiger partial charge in [0.1, 0.15) is 45.0 Å². The number of rotatable bonds is 4. The number of β-lactam (4-membered cyclic amide) rings is 1. The van der Waals surface area contributed by atoms with Crippen molar-refractivity contribution >= 4 is 38.4 Å². The quantitative estimate of drug-likeness (QED) is 0.427. The van der Waals surface area contributed by atoms with Gasteiger partial charge in [-0.3, -0.25) is 9.10 Å². The molecule has 1 amide bonds. The fraction of sp³-hybridized carbons (Fsp3) is 0.517. The highest BCUT2D eigenvalue weighted by atomic mass is 32.2. The van der Waals surface area contributed by atoms with Crippen LogP contribution in [0.1, 0.15) is 25.0 Å². The van der Waals surface area contributed by atoms with Crippen LogP contribution in [-0.2, 0) is 32.7 Å². The fourth-order valence-corrected chi connectivity index (χ4v) is 9.69. The highest BCUT2D eigenvalue weighted by Gasteiger charge is 2.60. The van der Waals surface area contributed by atoms with Crippen molar-refractivity contribution in [3.8, 4) is 0 Å². The Balaban J connectivity index is 1.29. The Bertz CT molecular complexity index is 1650. The van der Waals surface area contributed by atoms with Crippen LogP contribution in [0.15, 0.2) is 40.4 Å². The van der Waals surface area contributed by atoms with E-state index in [0.29, 0.717) is 16.6 Å². The number of quaternary nitrogens is 2. The van der Waals surface area contributed by atoms with Gasteiger partial charge in [-0.1, -0.05) is 19.1 Å². The lowest BCUT2D eigenvalue weighted by Gasteiger charge is -2.46. The number of carboxylic acid groups (broad SMARTS) is 1. The number of likely N-dealkylation sites (N-methyl/N-ethyl adjacent to an activating group) is 1. The molecule has 10 nitrogen and oxygen atoms in total. The number of carbonyl (C=O) groups excluding carboxylic acids is 1. The number of amides is 1. The van der Waals surface area contributed by atoms with Gasteiger partial charge in [-0.15, -0.1) is 0 Å². The number of hydrogen-bond acceptors (Lipinski definition) is 5. The fourth-order valence-electron chi connectivity index (χ4n) is 7.96. The van der Waals surface area contributed by atoms with Gasteiger partial charge in [0, 0.05) is 22.4 Å². The van der Waals surface area contributed by atoms with Crippen molar-refractivity contribution in [3.63, 3.8) is 0 Å². The Morgan fingerprint density at radius 3 is 2.50 bits per heavy atom. The van der Waals surface area contributed by atoms with Gasteiger partial charge in [0.2, 0.25) is 5.91 Å². The first-order valence-corrected chi connectivity index (χ1v) is 15.5. The van der Waals surface area contributed by atoms with E-state index in [2.05, 4.69) is 14.1 Å². The Kier molecular flexibility index (Phi) is 5.23. The van der Waals surface area contributed by atoms with Crippen molar-refractivity contribution in [2.75, 3.05) is 51.1 Å². The number of benzene rings is 2. The molecule has 4 atom stereocenters. The SMILES string of the molecule is C[C@@H](O)[C@H]1C(=O)N2C(C(=O)O)=C(CN3c4cccc5c6c(cc(c45)S3(=O)=O)C[N+]3(CC[N+](C)(C)CC3)C6)[C@H](C)[C@H]12. The molecule has 1 spiro atoms. The van der Waals surface area contributed by atoms with Gasteiger partial charge in [0.25, 0.3) is 10.0 Å². The minimum absolute atomic E-state index is 0.149. The number of aliphatic hydroxyl groups excluding tert-OH is 1. The summed E-state index contributed by atoms with van der Waals surface area (Å²) < 4.78 is 31.6. The average Bonchev–Trinajstić information content (AvgIpc) is 3.44. The molecule has 0 bridgehead atoms. The maximum absolute atomic E-state index is 14.1. The van der Waals surface area contributed by atoms with Crippen LogP contribution < -0.4 is 4.31 Å². The molecule has 2 N–H and O–H groups in total. The van der Waals surface area contributed by atoms with Crippen LogP contribution in [-0.4, -0.2) is 103 Å². The number of aliphatic hydroxyl groups is 1. The summed E-state index contributed by atoms with van der Waals surface area (Å²) in [5, 5.41) is 21.9. The summed E-state index contributed by atoms with van der Waals surface area (Å²) >= 11 is 0. The largest absolute Gasteiger partial charge is 0.477 e. The zero-order valence-electron chi connectivity index (χ0n) is 23.3. The Labute approximate surface area is 233 Å². The van der Waals surface area contributed by atoms with Crippen LogP contribution in [0, 0.1) is 11.8 Å². The van der Waals surface area contributed by atoms with Crippen molar-refractivity contribution in [3.05, 3.63) is 46.7 Å². The second-order valence-corrected chi connectivity index (χ2v) is 15.0. The molecule has 5 aliphatic heterocycles. The lowest BCUT2D eigenvalue weighted by molar-refractivity contribution is -1.03. The first-order chi connectivity index (χ1) is 18.8. The molecule has 0 unspecified atom stereocenters. The Morgan fingerprint density at radius 2 is 1.85 bits per heavy atom. The number of sulfonamides is 1. The molecule has 0 radical (unpaired) electrons. The third-order valence-corrected chi connectivity index (χ3v) is 12.1. The molecule has 0 saturated carbocycles. The van der Waals surface area contributed by atoms with E-state index in [4.69, 9.17) is 0 Å².